The minimum absolute atomic E-state index is 0.799. The van der Waals surface area contributed by atoms with E-state index in [2.05, 4.69) is 25.5 Å². The van der Waals surface area contributed by atoms with Crippen LogP contribution in [0.1, 0.15) is 11.4 Å². The summed E-state index contributed by atoms with van der Waals surface area (Å²) >= 11 is 0. The van der Waals surface area contributed by atoms with Crippen molar-refractivity contribution >= 4 is 5.82 Å². The number of hydrogen-bond donors (Lipinski definition) is 2. The van der Waals surface area contributed by atoms with Crippen LogP contribution in [0.3, 0.4) is 0 Å². The molecule has 0 bridgehead atoms. The standard InChI is InChI=1S/C10H13N5/c1-8-3-2-5-11-10(8)12-6-4-9-13-7-14-15-9/h2-3,5,7H,4,6H2,1H3,(H,11,12)(H,13,14,15). The third-order valence-corrected chi connectivity index (χ3v) is 2.13. The van der Waals surface area contributed by atoms with Gasteiger partial charge in [-0.2, -0.15) is 5.10 Å². The maximum atomic E-state index is 4.24. The van der Waals surface area contributed by atoms with Crippen LogP contribution in [-0.4, -0.2) is 26.7 Å². The van der Waals surface area contributed by atoms with E-state index in [0.29, 0.717) is 0 Å². The third kappa shape index (κ3) is 2.52. The molecule has 0 aliphatic carbocycles. The van der Waals surface area contributed by atoms with Crippen molar-refractivity contribution in [2.24, 2.45) is 0 Å². The second kappa shape index (κ2) is 4.54. The molecule has 0 unspecified atom stereocenters. The summed E-state index contributed by atoms with van der Waals surface area (Å²) in [5, 5.41) is 9.85. The van der Waals surface area contributed by atoms with E-state index in [0.717, 1.165) is 30.2 Å². The predicted molar refractivity (Wildman–Crippen MR) is 57.6 cm³/mol. The predicted octanol–water partition coefficient (Wildman–Crippen LogP) is 1.16. The molecule has 2 heterocycles. The van der Waals surface area contributed by atoms with Gasteiger partial charge in [-0.1, -0.05) is 6.07 Å². The Kier molecular flexibility index (Phi) is 2.92. The quantitative estimate of drug-likeness (QED) is 0.782. The zero-order valence-corrected chi connectivity index (χ0v) is 8.57. The molecule has 0 aliphatic rings. The van der Waals surface area contributed by atoms with Gasteiger partial charge in [-0.25, -0.2) is 9.97 Å². The summed E-state index contributed by atoms with van der Waals surface area (Å²) in [6.07, 6.45) is 4.11. The van der Waals surface area contributed by atoms with Gasteiger partial charge in [0.2, 0.25) is 0 Å². The van der Waals surface area contributed by atoms with Gasteiger partial charge in [0.15, 0.2) is 0 Å². The first-order chi connectivity index (χ1) is 7.36. The van der Waals surface area contributed by atoms with E-state index in [-0.39, 0.29) is 0 Å². The molecule has 0 saturated heterocycles. The lowest BCUT2D eigenvalue weighted by Crippen LogP contribution is -2.08. The Morgan fingerprint density at radius 2 is 2.33 bits per heavy atom. The number of nitrogens with one attached hydrogen (secondary N) is 2. The van der Waals surface area contributed by atoms with Crippen molar-refractivity contribution in [1.29, 1.82) is 0 Å². The lowest BCUT2D eigenvalue weighted by molar-refractivity contribution is 0.896. The highest BCUT2D eigenvalue weighted by Crippen LogP contribution is 2.08. The molecule has 2 N–H and O–H groups in total. The summed E-state index contributed by atoms with van der Waals surface area (Å²) in [7, 11) is 0. The van der Waals surface area contributed by atoms with Crippen LogP contribution in [0.4, 0.5) is 5.82 Å². The second-order valence-electron chi connectivity index (χ2n) is 3.28. The number of nitrogens with zero attached hydrogens (tertiary/aromatic N) is 3. The molecule has 0 aliphatic heterocycles. The molecule has 0 atom stereocenters. The maximum absolute atomic E-state index is 4.24. The molecule has 15 heavy (non-hydrogen) atoms. The van der Waals surface area contributed by atoms with E-state index >= 15 is 0 Å². The lowest BCUT2D eigenvalue weighted by Gasteiger charge is -2.06. The van der Waals surface area contributed by atoms with Crippen molar-refractivity contribution < 1.29 is 0 Å². The number of anilines is 1. The number of aromatic amines is 1. The van der Waals surface area contributed by atoms with Crippen molar-refractivity contribution in [1.82, 2.24) is 20.2 Å². The Labute approximate surface area is 88.0 Å². The third-order valence-electron chi connectivity index (χ3n) is 2.13. The smallest absolute Gasteiger partial charge is 0.137 e. The molecular formula is C10H13N5. The molecule has 0 aromatic carbocycles. The summed E-state index contributed by atoms with van der Waals surface area (Å²) in [5.41, 5.74) is 1.15. The van der Waals surface area contributed by atoms with Crippen molar-refractivity contribution in [3.63, 3.8) is 0 Å². The monoisotopic (exact) mass is 203 g/mol. The number of aromatic nitrogens is 4. The van der Waals surface area contributed by atoms with Gasteiger partial charge in [-0.3, -0.25) is 5.10 Å². The molecule has 0 saturated carbocycles. The summed E-state index contributed by atoms with van der Waals surface area (Å²) in [6, 6.07) is 3.96. The molecule has 0 amide bonds. The Morgan fingerprint density at radius 1 is 1.40 bits per heavy atom. The van der Waals surface area contributed by atoms with Crippen LogP contribution in [0.2, 0.25) is 0 Å². The summed E-state index contributed by atoms with van der Waals surface area (Å²) in [4.78, 5) is 8.28. The molecular weight excluding hydrogens is 190 g/mol. The highest BCUT2D eigenvalue weighted by molar-refractivity contribution is 5.42. The van der Waals surface area contributed by atoms with Crippen molar-refractivity contribution in [2.75, 3.05) is 11.9 Å². The van der Waals surface area contributed by atoms with Crippen molar-refractivity contribution in [3.05, 3.63) is 36.0 Å². The first-order valence-corrected chi connectivity index (χ1v) is 4.86. The molecule has 78 valence electrons. The summed E-state index contributed by atoms with van der Waals surface area (Å²) in [6.45, 7) is 2.83. The van der Waals surface area contributed by atoms with E-state index in [1.807, 2.05) is 19.1 Å². The zero-order chi connectivity index (χ0) is 10.5. The van der Waals surface area contributed by atoms with Gasteiger partial charge >= 0.3 is 0 Å². The molecule has 5 heteroatoms. The molecule has 0 fully saturated rings. The van der Waals surface area contributed by atoms with Gasteiger partial charge in [0.1, 0.15) is 18.0 Å². The van der Waals surface area contributed by atoms with Crippen LogP contribution >= 0.6 is 0 Å². The SMILES string of the molecule is Cc1cccnc1NCCc1ncn[nH]1. The molecule has 2 aromatic heterocycles. The fourth-order valence-electron chi connectivity index (χ4n) is 1.32. The first-order valence-electron chi connectivity index (χ1n) is 4.86. The number of hydrogen-bond acceptors (Lipinski definition) is 4. The summed E-state index contributed by atoms with van der Waals surface area (Å²) < 4.78 is 0. The van der Waals surface area contributed by atoms with Gasteiger partial charge in [-0.15, -0.1) is 0 Å². The fourth-order valence-corrected chi connectivity index (χ4v) is 1.32. The van der Waals surface area contributed by atoms with E-state index in [1.54, 1.807) is 6.20 Å². The number of H-pyrrole nitrogens is 1. The normalized spacial score (nSPS) is 10.2. The highest BCUT2D eigenvalue weighted by atomic mass is 15.2. The van der Waals surface area contributed by atoms with Crippen molar-refractivity contribution in [2.45, 2.75) is 13.3 Å². The van der Waals surface area contributed by atoms with E-state index < -0.39 is 0 Å². The molecule has 5 nitrogen and oxygen atoms in total. The van der Waals surface area contributed by atoms with E-state index in [4.69, 9.17) is 0 Å². The van der Waals surface area contributed by atoms with Gasteiger partial charge in [0.25, 0.3) is 0 Å². The lowest BCUT2D eigenvalue weighted by atomic mass is 10.3. The Morgan fingerprint density at radius 3 is 3.07 bits per heavy atom. The molecule has 0 spiro atoms. The van der Waals surface area contributed by atoms with Gasteiger partial charge < -0.3 is 5.32 Å². The highest BCUT2D eigenvalue weighted by Gasteiger charge is 1.98. The molecule has 2 aromatic rings. The Balaban J connectivity index is 1.86. The van der Waals surface area contributed by atoms with Crippen LogP contribution in [0.15, 0.2) is 24.7 Å². The van der Waals surface area contributed by atoms with Crippen LogP contribution in [0.5, 0.6) is 0 Å². The fraction of sp³-hybridized carbons (Fsp3) is 0.300. The van der Waals surface area contributed by atoms with Crippen LogP contribution in [0.25, 0.3) is 0 Å². The summed E-state index contributed by atoms with van der Waals surface area (Å²) in [5.74, 6) is 1.81. The zero-order valence-electron chi connectivity index (χ0n) is 8.57. The Hall–Kier alpha value is -1.91. The minimum Gasteiger partial charge on any atom is -0.369 e. The maximum Gasteiger partial charge on any atom is 0.137 e. The van der Waals surface area contributed by atoms with Gasteiger partial charge in [0.05, 0.1) is 0 Å². The number of rotatable bonds is 4. The average Bonchev–Trinajstić information content (AvgIpc) is 2.74. The van der Waals surface area contributed by atoms with Crippen molar-refractivity contribution in [3.8, 4) is 0 Å². The van der Waals surface area contributed by atoms with Crippen LogP contribution in [-0.2, 0) is 6.42 Å². The van der Waals surface area contributed by atoms with Crippen LogP contribution < -0.4 is 5.32 Å². The van der Waals surface area contributed by atoms with E-state index in [1.165, 1.54) is 6.33 Å². The second-order valence-corrected chi connectivity index (χ2v) is 3.28. The molecule has 0 radical (unpaired) electrons. The first kappa shape index (κ1) is 9.64. The van der Waals surface area contributed by atoms with E-state index in [9.17, 15) is 0 Å². The molecule has 2 rings (SSSR count). The average molecular weight is 203 g/mol. The van der Waals surface area contributed by atoms with Crippen LogP contribution in [0, 0.1) is 6.92 Å². The number of pyridine rings is 1. The van der Waals surface area contributed by atoms with Gasteiger partial charge in [-0.05, 0) is 18.6 Å². The largest absolute Gasteiger partial charge is 0.369 e. The minimum atomic E-state index is 0.799. The van der Waals surface area contributed by atoms with Gasteiger partial charge in [0, 0.05) is 19.2 Å². The topological polar surface area (TPSA) is 66.5 Å². The Bertz CT molecular complexity index is 410. The number of aryl methyl sites for hydroxylation is 1.